The number of rotatable bonds is 2. The van der Waals surface area contributed by atoms with Gasteiger partial charge in [-0.1, -0.05) is 0 Å². The van der Waals surface area contributed by atoms with Crippen molar-refractivity contribution in [3.63, 3.8) is 0 Å². The van der Waals surface area contributed by atoms with Gasteiger partial charge in [-0.3, -0.25) is 0 Å². The minimum atomic E-state index is -3.71. The molecule has 0 atom stereocenters. The predicted octanol–water partition coefficient (Wildman–Crippen LogP) is -0.740. The van der Waals surface area contributed by atoms with Gasteiger partial charge >= 0.3 is 0 Å². The molecular formula is C5H8N4O2S. The summed E-state index contributed by atoms with van der Waals surface area (Å²) in [7, 11) is -3.71. The number of primary sulfonamides is 1. The summed E-state index contributed by atoms with van der Waals surface area (Å²) in [4.78, 5) is 0. The standard InChI is InChI=1S/C5H8N4O2S/c6-12(10,11)5-8-7-3-9(5)4-1-2-4/h3-4H,1-2H2,(H2,6,10,11). The highest BCUT2D eigenvalue weighted by atomic mass is 32.2. The molecule has 1 aliphatic rings. The Labute approximate surface area is 69.4 Å². The van der Waals surface area contributed by atoms with E-state index in [0.29, 0.717) is 0 Å². The zero-order valence-corrected chi connectivity index (χ0v) is 7.03. The van der Waals surface area contributed by atoms with E-state index in [1.54, 1.807) is 0 Å². The van der Waals surface area contributed by atoms with Crippen LogP contribution < -0.4 is 5.14 Å². The van der Waals surface area contributed by atoms with Gasteiger partial charge < -0.3 is 4.57 Å². The van der Waals surface area contributed by atoms with Gasteiger partial charge in [-0.2, -0.15) is 0 Å². The van der Waals surface area contributed by atoms with Crippen LogP contribution in [0.15, 0.2) is 11.5 Å². The Hall–Kier alpha value is -0.950. The predicted molar refractivity (Wildman–Crippen MR) is 39.7 cm³/mol. The fourth-order valence-electron chi connectivity index (χ4n) is 1.04. The number of nitrogens with zero attached hydrogens (tertiary/aromatic N) is 3. The van der Waals surface area contributed by atoms with Gasteiger partial charge in [0.15, 0.2) is 0 Å². The van der Waals surface area contributed by atoms with Gasteiger partial charge in [0.05, 0.1) is 0 Å². The Bertz CT molecular complexity index is 391. The first kappa shape index (κ1) is 7.69. The van der Waals surface area contributed by atoms with Crippen LogP contribution in [0.4, 0.5) is 0 Å². The first-order valence-corrected chi connectivity index (χ1v) is 5.06. The SMILES string of the molecule is NS(=O)(=O)c1nncn1C1CC1. The molecule has 66 valence electrons. The molecule has 1 fully saturated rings. The van der Waals surface area contributed by atoms with Crippen LogP contribution in [0.5, 0.6) is 0 Å². The van der Waals surface area contributed by atoms with Crippen molar-refractivity contribution in [2.45, 2.75) is 24.0 Å². The zero-order chi connectivity index (χ0) is 8.77. The Morgan fingerprint density at radius 3 is 2.75 bits per heavy atom. The van der Waals surface area contributed by atoms with Gasteiger partial charge in [0.1, 0.15) is 6.33 Å². The first-order chi connectivity index (χ1) is 5.59. The second kappa shape index (κ2) is 2.27. The summed E-state index contributed by atoms with van der Waals surface area (Å²) in [6.45, 7) is 0. The summed E-state index contributed by atoms with van der Waals surface area (Å²) in [5.41, 5.74) is 0. The molecule has 6 nitrogen and oxygen atoms in total. The molecule has 1 aromatic heterocycles. The minimum absolute atomic E-state index is 0.134. The van der Waals surface area contributed by atoms with Gasteiger partial charge in [-0.15, -0.1) is 10.2 Å². The summed E-state index contributed by atoms with van der Waals surface area (Å²) in [6.07, 6.45) is 3.35. The Balaban J connectivity index is 2.49. The highest BCUT2D eigenvalue weighted by Gasteiger charge is 2.29. The monoisotopic (exact) mass is 188 g/mol. The first-order valence-electron chi connectivity index (χ1n) is 3.51. The molecule has 0 spiro atoms. The van der Waals surface area contributed by atoms with Crippen LogP contribution in [0.2, 0.25) is 0 Å². The number of nitrogens with two attached hydrogens (primary N) is 1. The van der Waals surface area contributed by atoms with Crippen LogP contribution in [0, 0.1) is 0 Å². The topological polar surface area (TPSA) is 90.9 Å². The van der Waals surface area contributed by atoms with E-state index in [-0.39, 0.29) is 11.2 Å². The van der Waals surface area contributed by atoms with Crippen LogP contribution in [-0.2, 0) is 10.0 Å². The van der Waals surface area contributed by atoms with E-state index < -0.39 is 10.0 Å². The van der Waals surface area contributed by atoms with Gasteiger partial charge in [-0.25, -0.2) is 13.6 Å². The maximum atomic E-state index is 10.9. The smallest absolute Gasteiger partial charge is 0.273 e. The molecular weight excluding hydrogens is 180 g/mol. The molecule has 1 aromatic rings. The van der Waals surface area contributed by atoms with E-state index in [0.717, 1.165) is 12.8 Å². The molecule has 7 heteroatoms. The molecule has 0 unspecified atom stereocenters. The van der Waals surface area contributed by atoms with Crippen LogP contribution in [0.1, 0.15) is 18.9 Å². The molecule has 2 N–H and O–H groups in total. The Morgan fingerprint density at radius 2 is 2.25 bits per heavy atom. The van der Waals surface area contributed by atoms with E-state index in [4.69, 9.17) is 5.14 Å². The van der Waals surface area contributed by atoms with E-state index in [1.165, 1.54) is 10.9 Å². The fourth-order valence-corrected chi connectivity index (χ4v) is 1.69. The lowest BCUT2D eigenvalue weighted by Crippen LogP contribution is -2.17. The van der Waals surface area contributed by atoms with Gasteiger partial charge in [0.25, 0.3) is 15.2 Å². The summed E-state index contributed by atoms with van der Waals surface area (Å²) in [5, 5.41) is 11.7. The average molecular weight is 188 g/mol. The molecule has 0 aromatic carbocycles. The summed E-state index contributed by atoms with van der Waals surface area (Å²) >= 11 is 0. The second-order valence-electron chi connectivity index (χ2n) is 2.80. The quantitative estimate of drug-likeness (QED) is 0.661. The number of aromatic nitrogens is 3. The third-order valence-electron chi connectivity index (χ3n) is 1.73. The maximum Gasteiger partial charge on any atom is 0.273 e. The summed E-state index contributed by atoms with van der Waals surface area (Å²) in [6, 6.07) is 0.230. The molecule has 12 heavy (non-hydrogen) atoms. The third kappa shape index (κ3) is 1.21. The molecule has 0 amide bonds. The van der Waals surface area contributed by atoms with E-state index in [2.05, 4.69) is 10.2 Å². The Morgan fingerprint density at radius 1 is 1.58 bits per heavy atom. The summed E-state index contributed by atoms with van der Waals surface area (Å²) in [5.74, 6) is 0. The number of sulfonamides is 1. The van der Waals surface area contributed by atoms with E-state index in [9.17, 15) is 8.42 Å². The summed E-state index contributed by atoms with van der Waals surface area (Å²) < 4.78 is 23.3. The van der Waals surface area contributed by atoms with Crippen LogP contribution in [0.3, 0.4) is 0 Å². The van der Waals surface area contributed by atoms with Crippen LogP contribution in [0.25, 0.3) is 0 Å². The highest BCUT2D eigenvalue weighted by molar-refractivity contribution is 7.89. The van der Waals surface area contributed by atoms with Crippen molar-refractivity contribution < 1.29 is 8.42 Å². The number of hydrogen-bond donors (Lipinski definition) is 1. The van der Waals surface area contributed by atoms with Crippen molar-refractivity contribution in [2.24, 2.45) is 5.14 Å². The van der Waals surface area contributed by atoms with E-state index >= 15 is 0 Å². The van der Waals surface area contributed by atoms with Crippen molar-refractivity contribution in [2.75, 3.05) is 0 Å². The number of hydrogen-bond acceptors (Lipinski definition) is 4. The van der Waals surface area contributed by atoms with Crippen molar-refractivity contribution in [1.82, 2.24) is 14.8 Å². The molecule has 1 saturated carbocycles. The van der Waals surface area contributed by atoms with Crippen molar-refractivity contribution in [1.29, 1.82) is 0 Å². The molecule has 0 bridgehead atoms. The second-order valence-corrected chi connectivity index (χ2v) is 4.25. The zero-order valence-electron chi connectivity index (χ0n) is 6.21. The molecule has 0 radical (unpaired) electrons. The van der Waals surface area contributed by atoms with Crippen molar-refractivity contribution in [3.8, 4) is 0 Å². The highest BCUT2D eigenvalue weighted by Crippen LogP contribution is 2.35. The molecule has 1 heterocycles. The van der Waals surface area contributed by atoms with Crippen molar-refractivity contribution in [3.05, 3.63) is 6.33 Å². The molecule has 0 aliphatic heterocycles. The van der Waals surface area contributed by atoms with Gasteiger partial charge in [-0.05, 0) is 12.8 Å². The normalized spacial score (nSPS) is 18.1. The average Bonchev–Trinajstić information content (AvgIpc) is 2.65. The third-order valence-corrected chi connectivity index (χ3v) is 2.54. The maximum absolute atomic E-state index is 10.9. The lowest BCUT2D eigenvalue weighted by atomic mass is 10.7. The minimum Gasteiger partial charge on any atom is -0.300 e. The lowest BCUT2D eigenvalue weighted by molar-refractivity contribution is 0.566. The lowest BCUT2D eigenvalue weighted by Gasteiger charge is -2.00. The van der Waals surface area contributed by atoms with Crippen LogP contribution >= 0.6 is 0 Å². The van der Waals surface area contributed by atoms with Crippen molar-refractivity contribution >= 4 is 10.0 Å². The molecule has 0 saturated heterocycles. The van der Waals surface area contributed by atoms with Gasteiger partial charge in [0.2, 0.25) is 0 Å². The molecule has 1 aliphatic carbocycles. The fraction of sp³-hybridized carbons (Fsp3) is 0.600. The largest absolute Gasteiger partial charge is 0.300 e. The van der Waals surface area contributed by atoms with E-state index in [1.807, 2.05) is 0 Å². The molecule has 2 rings (SSSR count). The Kier molecular flexibility index (Phi) is 1.45. The van der Waals surface area contributed by atoms with Crippen LogP contribution in [-0.4, -0.2) is 23.2 Å². The van der Waals surface area contributed by atoms with Gasteiger partial charge in [0, 0.05) is 6.04 Å².